The van der Waals surface area contributed by atoms with Crippen LogP contribution in [0, 0.1) is 9.39 Å². The minimum atomic E-state index is -1.07. The Morgan fingerprint density at radius 1 is 1.45 bits per heavy atom. The summed E-state index contributed by atoms with van der Waals surface area (Å²) in [6.07, 6.45) is -0.344. The fourth-order valence-corrected chi connectivity index (χ4v) is 2.17. The molecule has 1 aromatic carbocycles. The van der Waals surface area contributed by atoms with E-state index >= 15 is 0 Å². The van der Waals surface area contributed by atoms with Crippen molar-refractivity contribution in [2.75, 3.05) is 5.73 Å². The first kappa shape index (κ1) is 15.0. The number of nitrogens with two attached hydrogens (primary N) is 1. The van der Waals surface area contributed by atoms with Crippen molar-refractivity contribution in [2.45, 2.75) is 6.42 Å². The number of carbonyl (C=O) groups is 1. The Hall–Kier alpha value is -1.41. The zero-order valence-corrected chi connectivity index (χ0v) is 12.9. The quantitative estimate of drug-likeness (QED) is 0.767. The number of pyridine rings is 1. The molecule has 0 aliphatic heterocycles. The second kappa shape index (κ2) is 5.92. The minimum Gasteiger partial charge on any atom is -0.481 e. The molecule has 0 radical (unpaired) electrons. The maximum Gasteiger partial charge on any atom is 0.309 e. The van der Waals surface area contributed by atoms with E-state index in [1.807, 2.05) is 22.6 Å². The van der Waals surface area contributed by atoms with E-state index in [-0.39, 0.29) is 28.6 Å². The number of hydrogen-bond acceptors (Lipinski definition) is 3. The number of nitrogen functional groups attached to an aromatic ring is 1. The molecule has 0 amide bonds. The van der Waals surface area contributed by atoms with Crippen molar-refractivity contribution in [1.29, 1.82) is 0 Å². The molecule has 3 N–H and O–H groups in total. The van der Waals surface area contributed by atoms with Gasteiger partial charge in [-0.2, -0.15) is 0 Å². The summed E-state index contributed by atoms with van der Waals surface area (Å²) in [5, 5.41) is 8.94. The molecule has 0 unspecified atom stereocenters. The highest BCUT2D eigenvalue weighted by atomic mass is 127. The lowest BCUT2D eigenvalue weighted by Gasteiger charge is -2.09. The van der Waals surface area contributed by atoms with Crippen molar-refractivity contribution < 1.29 is 14.3 Å². The average molecular weight is 407 g/mol. The molecule has 2 aromatic rings. The van der Waals surface area contributed by atoms with E-state index < -0.39 is 5.97 Å². The van der Waals surface area contributed by atoms with Crippen molar-refractivity contribution in [1.82, 2.24) is 4.98 Å². The van der Waals surface area contributed by atoms with E-state index in [0.717, 1.165) is 0 Å². The van der Waals surface area contributed by atoms with Crippen LogP contribution in [-0.4, -0.2) is 16.1 Å². The molecular weight excluding hydrogens is 398 g/mol. The lowest BCUT2D eigenvalue weighted by atomic mass is 10.1. The summed E-state index contributed by atoms with van der Waals surface area (Å²) in [7, 11) is 0. The highest BCUT2D eigenvalue weighted by Crippen LogP contribution is 2.29. The maximum atomic E-state index is 13.6. The van der Waals surface area contributed by atoms with Gasteiger partial charge in [-0.15, -0.1) is 0 Å². The Kier molecular flexibility index (Phi) is 4.44. The predicted octanol–water partition coefficient (Wildman–Crippen LogP) is 3.36. The Balaban J connectivity index is 2.54. The number of carboxylic acid groups (broad SMARTS) is 1. The van der Waals surface area contributed by atoms with Gasteiger partial charge in [-0.25, -0.2) is 4.39 Å². The first-order chi connectivity index (χ1) is 9.38. The Morgan fingerprint density at radius 2 is 2.15 bits per heavy atom. The van der Waals surface area contributed by atoms with Crippen LogP contribution in [0.5, 0.6) is 0 Å². The van der Waals surface area contributed by atoms with Crippen molar-refractivity contribution in [3.63, 3.8) is 0 Å². The van der Waals surface area contributed by atoms with Crippen LogP contribution >= 0.6 is 34.2 Å². The average Bonchev–Trinajstić information content (AvgIpc) is 2.37. The topological polar surface area (TPSA) is 76.2 Å². The number of rotatable bonds is 3. The molecule has 0 aliphatic carbocycles. The molecule has 1 heterocycles. The van der Waals surface area contributed by atoms with Gasteiger partial charge in [-0.3, -0.25) is 9.78 Å². The third-order valence-electron chi connectivity index (χ3n) is 2.59. The van der Waals surface area contributed by atoms with Crippen LogP contribution in [0.2, 0.25) is 5.02 Å². The number of hydrogen-bond donors (Lipinski definition) is 2. The van der Waals surface area contributed by atoms with Crippen LogP contribution in [-0.2, 0) is 11.2 Å². The summed E-state index contributed by atoms with van der Waals surface area (Å²) in [6.45, 7) is 0. The van der Waals surface area contributed by atoms with Crippen molar-refractivity contribution in [3.8, 4) is 11.3 Å². The van der Waals surface area contributed by atoms with Crippen LogP contribution in [0.25, 0.3) is 11.3 Å². The molecule has 104 valence electrons. The van der Waals surface area contributed by atoms with Gasteiger partial charge in [0.25, 0.3) is 0 Å². The van der Waals surface area contributed by atoms with Crippen LogP contribution in [0.15, 0.2) is 24.3 Å². The van der Waals surface area contributed by atoms with Gasteiger partial charge in [0, 0.05) is 9.13 Å². The van der Waals surface area contributed by atoms with Crippen LogP contribution in [0.4, 0.5) is 10.1 Å². The molecule has 1 aromatic heterocycles. The third-order valence-corrected chi connectivity index (χ3v) is 3.90. The molecular formula is C13H9ClFIN2O2. The summed E-state index contributed by atoms with van der Waals surface area (Å²) in [6, 6.07) is 6.11. The van der Waals surface area contributed by atoms with E-state index in [9.17, 15) is 9.18 Å². The normalized spacial score (nSPS) is 10.6. The number of aliphatic carboxylic acids is 1. The first-order valence-electron chi connectivity index (χ1n) is 5.50. The zero-order chi connectivity index (χ0) is 14.9. The second-order valence-corrected chi connectivity index (χ2v) is 5.60. The number of benzene rings is 1. The van der Waals surface area contributed by atoms with Crippen molar-refractivity contribution in [2.24, 2.45) is 0 Å². The number of aromatic nitrogens is 1. The van der Waals surface area contributed by atoms with Gasteiger partial charge < -0.3 is 10.8 Å². The lowest BCUT2D eigenvalue weighted by molar-refractivity contribution is -0.136. The van der Waals surface area contributed by atoms with Crippen LogP contribution < -0.4 is 5.73 Å². The summed E-state index contributed by atoms with van der Waals surface area (Å²) >= 11 is 7.80. The number of anilines is 1. The largest absolute Gasteiger partial charge is 0.481 e. The van der Waals surface area contributed by atoms with Gasteiger partial charge in [-0.1, -0.05) is 17.7 Å². The molecule has 0 atom stereocenters. The smallest absolute Gasteiger partial charge is 0.309 e. The summed E-state index contributed by atoms with van der Waals surface area (Å²) in [4.78, 5) is 14.9. The number of carboxylic acids is 1. The van der Waals surface area contributed by atoms with Crippen LogP contribution in [0.3, 0.4) is 0 Å². The Morgan fingerprint density at radius 3 is 2.75 bits per heavy atom. The fraction of sp³-hybridized carbons (Fsp3) is 0.0769. The van der Waals surface area contributed by atoms with E-state index in [2.05, 4.69) is 4.98 Å². The molecule has 0 spiro atoms. The number of halogens is 3. The molecule has 0 bridgehead atoms. The molecule has 4 nitrogen and oxygen atoms in total. The third kappa shape index (κ3) is 3.18. The number of nitrogens with zero attached hydrogens (tertiary/aromatic N) is 1. The molecule has 0 saturated carbocycles. The van der Waals surface area contributed by atoms with Gasteiger partial charge in [0.2, 0.25) is 0 Å². The molecule has 2 rings (SSSR count). The van der Waals surface area contributed by atoms with Crippen molar-refractivity contribution >= 4 is 45.8 Å². The van der Waals surface area contributed by atoms with E-state index in [1.54, 1.807) is 12.1 Å². The molecule has 0 saturated heterocycles. The van der Waals surface area contributed by atoms with Gasteiger partial charge in [0.05, 0.1) is 28.5 Å². The first-order valence-corrected chi connectivity index (χ1v) is 6.96. The SMILES string of the molecule is Nc1cc(-c2ccc(I)c(F)c2)nc(CC(=O)O)c1Cl. The van der Waals surface area contributed by atoms with Gasteiger partial charge >= 0.3 is 5.97 Å². The Bertz CT molecular complexity index is 694. The van der Waals surface area contributed by atoms with Crippen molar-refractivity contribution in [3.05, 3.63) is 44.4 Å². The molecule has 20 heavy (non-hydrogen) atoms. The van der Waals surface area contributed by atoms with Gasteiger partial charge in [0.1, 0.15) is 5.82 Å². The Labute approximate surface area is 132 Å². The lowest BCUT2D eigenvalue weighted by Crippen LogP contribution is -2.06. The highest BCUT2D eigenvalue weighted by molar-refractivity contribution is 14.1. The van der Waals surface area contributed by atoms with E-state index in [1.165, 1.54) is 12.1 Å². The zero-order valence-electron chi connectivity index (χ0n) is 10.0. The molecule has 0 fully saturated rings. The van der Waals surface area contributed by atoms with E-state index in [0.29, 0.717) is 14.8 Å². The second-order valence-electron chi connectivity index (χ2n) is 4.06. The maximum absolute atomic E-state index is 13.6. The predicted molar refractivity (Wildman–Crippen MR) is 83.1 cm³/mol. The summed E-state index contributed by atoms with van der Waals surface area (Å²) < 4.78 is 14.1. The highest BCUT2D eigenvalue weighted by Gasteiger charge is 2.14. The minimum absolute atomic E-state index is 0.113. The van der Waals surface area contributed by atoms with E-state index in [4.69, 9.17) is 22.4 Å². The molecule has 7 heteroatoms. The standard InChI is InChI=1S/C13H9ClFIN2O2/c14-13-9(17)4-10(18-11(13)5-12(19)20)6-1-2-8(16)7(15)3-6/h1-4H,5H2,(H2,17,18)(H,19,20). The fourth-order valence-electron chi connectivity index (χ4n) is 1.67. The monoisotopic (exact) mass is 406 g/mol. The summed E-state index contributed by atoms with van der Waals surface area (Å²) in [5.41, 5.74) is 7.02. The summed E-state index contributed by atoms with van der Waals surface area (Å²) in [5.74, 6) is -1.44. The molecule has 0 aliphatic rings. The van der Waals surface area contributed by atoms with Crippen LogP contribution in [0.1, 0.15) is 5.69 Å². The van der Waals surface area contributed by atoms with Gasteiger partial charge in [0.15, 0.2) is 0 Å². The van der Waals surface area contributed by atoms with Gasteiger partial charge in [-0.05, 0) is 40.8 Å².